The van der Waals surface area contributed by atoms with E-state index in [1.165, 1.54) is 6.07 Å². The summed E-state index contributed by atoms with van der Waals surface area (Å²) in [7, 11) is -1.53. The lowest BCUT2D eigenvalue weighted by atomic mass is 10.2. The molecule has 1 rings (SSSR count). The highest BCUT2D eigenvalue weighted by atomic mass is 32.2. The molecular weight excluding hydrogens is 282 g/mol. The van der Waals surface area contributed by atoms with Crippen molar-refractivity contribution in [1.82, 2.24) is 4.72 Å². The number of benzene rings is 1. The van der Waals surface area contributed by atoms with Gasteiger partial charge in [0.05, 0.1) is 16.3 Å². The second kappa shape index (κ2) is 7.02. The van der Waals surface area contributed by atoms with Crippen molar-refractivity contribution in [2.75, 3.05) is 42.8 Å². The van der Waals surface area contributed by atoms with E-state index >= 15 is 0 Å². The molecule has 19 heavy (non-hydrogen) atoms. The quantitative estimate of drug-likeness (QED) is 0.744. The van der Waals surface area contributed by atoms with E-state index in [9.17, 15) is 8.42 Å². The molecule has 0 unspecified atom stereocenters. The summed E-state index contributed by atoms with van der Waals surface area (Å²) in [5.74, 6) is 0.958. The van der Waals surface area contributed by atoms with E-state index in [4.69, 9.17) is 5.73 Å². The van der Waals surface area contributed by atoms with Crippen molar-refractivity contribution in [1.29, 1.82) is 0 Å². The Balaban J connectivity index is 3.07. The van der Waals surface area contributed by atoms with Crippen LogP contribution in [-0.4, -0.2) is 40.6 Å². The van der Waals surface area contributed by atoms with E-state index in [0.29, 0.717) is 12.2 Å². The Bertz CT molecular complexity index is 518. The highest BCUT2D eigenvalue weighted by Gasteiger charge is 2.15. The Labute approximate surface area is 119 Å². The molecule has 5 nitrogen and oxygen atoms in total. The molecule has 1 aromatic rings. The van der Waals surface area contributed by atoms with Gasteiger partial charge in [-0.2, -0.15) is 11.8 Å². The molecule has 0 heterocycles. The number of hydrogen-bond donors (Lipinski definition) is 2. The molecule has 0 spiro atoms. The molecule has 0 radical (unpaired) electrons. The Hall–Kier alpha value is -0.920. The van der Waals surface area contributed by atoms with E-state index in [-0.39, 0.29) is 4.90 Å². The van der Waals surface area contributed by atoms with E-state index < -0.39 is 10.0 Å². The Kier molecular flexibility index (Phi) is 5.96. The molecule has 0 fully saturated rings. The lowest BCUT2D eigenvalue weighted by Gasteiger charge is -2.21. The lowest BCUT2D eigenvalue weighted by Crippen LogP contribution is -2.25. The maximum atomic E-state index is 12.0. The Morgan fingerprint density at radius 1 is 1.42 bits per heavy atom. The number of anilines is 2. The number of nitrogens with two attached hydrogens (primary N) is 1. The Morgan fingerprint density at radius 3 is 2.68 bits per heavy atom. The monoisotopic (exact) mass is 303 g/mol. The van der Waals surface area contributed by atoms with Crippen LogP contribution in [-0.2, 0) is 10.0 Å². The summed E-state index contributed by atoms with van der Waals surface area (Å²) in [6.07, 6.45) is 2.03. The van der Waals surface area contributed by atoms with Crippen LogP contribution in [0.15, 0.2) is 23.1 Å². The van der Waals surface area contributed by atoms with Gasteiger partial charge >= 0.3 is 0 Å². The van der Waals surface area contributed by atoms with Crippen LogP contribution < -0.4 is 15.4 Å². The highest BCUT2D eigenvalue weighted by Crippen LogP contribution is 2.25. The van der Waals surface area contributed by atoms with Gasteiger partial charge in [-0.15, -0.1) is 0 Å². The standard InChI is InChI=1S/C12H21N3O2S2/c1-4-14-19(16,17)10-5-6-11(13)12(9-10)15(2)7-8-18-3/h5-6,9,14H,4,7-8,13H2,1-3H3. The molecule has 0 bridgehead atoms. The fourth-order valence-electron chi connectivity index (χ4n) is 1.64. The van der Waals surface area contributed by atoms with E-state index in [0.717, 1.165) is 18.0 Å². The largest absolute Gasteiger partial charge is 0.397 e. The fourth-order valence-corrected chi connectivity index (χ4v) is 3.16. The summed E-state index contributed by atoms with van der Waals surface area (Å²) in [6.45, 7) is 2.93. The minimum Gasteiger partial charge on any atom is -0.397 e. The molecule has 0 aliphatic rings. The molecular formula is C12H21N3O2S2. The van der Waals surface area contributed by atoms with Crippen LogP contribution in [0.2, 0.25) is 0 Å². The van der Waals surface area contributed by atoms with E-state index in [1.807, 2.05) is 18.2 Å². The van der Waals surface area contributed by atoms with Crippen LogP contribution >= 0.6 is 11.8 Å². The Morgan fingerprint density at radius 2 is 2.11 bits per heavy atom. The molecule has 0 aliphatic carbocycles. The zero-order chi connectivity index (χ0) is 14.5. The predicted molar refractivity (Wildman–Crippen MR) is 83.4 cm³/mol. The summed E-state index contributed by atoms with van der Waals surface area (Å²) in [6, 6.07) is 4.78. The van der Waals surface area contributed by atoms with Gasteiger partial charge in [-0.1, -0.05) is 6.92 Å². The topological polar surface area (TPSA) is 75.4 Å². The first kappa shape index (κ1) is 16.1. The normalized spacial score (nSPS) is 11.5. The first-order valence-electron chi connectivity index (χ1n) is 6.01. The third-order valence-corrected chi connectivity index (χ3v) is 4.82. The molecule has 1 aromatic carbocycles. The second-order valence-corrected chi connectivity index (χ2v) is 6.89. The third-order valence-electron chi connectivity index (χ3n) is 2.69. The first-order chi connectivity index (χ1) is 8.92. The lowest BCUT2D eigenvalue weighted by molar-refractivity contribution is 0.584. The molecule has 3 N–H and O–H groups in total. The molecule has 0 atom stereocenters. The maximum Gasteiger partial charge on any atom is 0.240 e. The molecule has 108 valence electrons. The number of sulfonamides is 1. The van der Waals surface area contributed by atoms with Crippen LogP contribution in [0.3, 0.4) is 0 Å². The summed E-state index contributed by atoms with van der Waals surface area (Å²) < 4.78 is 26.4. The zero-order valence-electron chi connectivity index (χ0n) is 11.5. The predicted octanol–water partition coefficient (Wildman–Crippen LogP) is 1.37. The van der Waals surface area contributed by atoms with Gasteiger partial charge in [0, 0.05) is 25.9 Å². The molecule has 7 heteroatoms. The van der Waals surface area contributed by atoms with Crippen molar-refractivity contribution in [3.8, 4) is 0 Å². The second-order valence-electron chi connectivity index (χ2n) is 4.14. The number of hydrogen-bond acceptors (Lipinski definition) is 5. The number of nitrogens with zero attached hydrogens (tertiary/aromatic N) is 1. The summed E-state index contributed by atoms with van der Waals surface area (Å²) >= 11 is 1.74. The third kappa shape index (κ3) is 4.29. The van der Waals surface area contributed by atoms with Crippen LogP contribution in [0.25, 0.3) is 0 Å². The molecule has 0 saturated carbocycles. The number of rotatable bonds is 7. The minimum atomic E-state index is -3.44. The summed E-state index contributed by atoms with van der Waals surface area (Å²) in [5.41, 5.74) is 7.24. The maximum absolute atomic E-state index is 12.0. The van der Waals surface area contributed by atoms with Gasteiger partial charge in [0.2, 0.25) is 10.0 Å². The van der Waals surface area contributed by atoms with Crippen molar-refractivity contribution in [3.63, 3.8) is 0 Å². The van der Waals surface area contributed by atoms with Gasteiger partial charge in [-0.05, 0) is 24.5 Å². The summed E-state index contributed by atoms with van der Waals surface area (Å²) in [5, 5.41) is 0. The molecule has 0 amide bonds. The number of nitrogens with one attached hydrogen (secondary N) is 1. The van der Waals surface area contributed by atoms with Gasteiger partial charge in [0.15, 0.2) is 0 Å². The zero-order valence-corrected chi connectivity index (χ0v) is 13.1. The van der Waals surface area contributed by atoms with Crippen LogP contribution in [0.1, 0.15) is 6.92 Å². The van der Waals surface area contributed by atoms with Crippen molar-refractivity contribution in [2.45, 2.75) is 11.8 Å². The molecule has 0 aliphatic heterocycles. The first-order valence-corrected chi connectivity index (χ1v) is 8.89. The molecule has 0 aromatic heterocycles. The van der Waals surface area contributed by atoms with Gasteiger partial charge in [0.25, 0.3) is 0 Å². The SMILES string of the molecule is CCNS(=O)(=O)c1ccc(N)c(N(C)CCSC)c1. The van der Waals surface area contributed by atoms with E-state index in [1.54, 1.807) is 30.8 Å². The number of nitrogen functional groups attached to an aromatic ring is 1. The fraction of sp³-hybridized carbons (Fsp3) is 0.500. The van der Waals surface area contributed by atoms with Crippen molar-refractivity contribution in [3.05, 3.63) is 18.2 Å². The van der Waals surface area contributed by atoms with Crippen LogP contribution in [0, 0.1) is 0 Å². The van der Waals surface area contributed by atoms with Crippen LogP contribution in [0.4, 0.5) is 11.4 Å². The van der Waals surface area contributed by atoms with Crippen molar-refractivity contribution in [2.24, 2.45) is 0 Å². The van der Waals surface area contributed by atoms with Crippen molar-refractivity contribution >= 4 is 33.2 Å². The van der Waals surface area contributed by atoms with Gasteiger partial charge in [-0.25, -0.2) is 13.1 Å². The molecule has 0 saturated heterocycles. The number of thioether (sulfide) groups is 1. The minimum absolute atomic E-state index is 0.245. The average Bonchev–Trinajstić information content (AvgIpc) is 2.36. The summed E-state index contributed by atoms with van der Waals surface area (Å²) in [4.78, 5) is 2.21. The van der Waals surface area contributed by atoms with Crippen molar-refractivity contribution < 1.29 is 8.42 Å². The van der Waals surface area contributed by atoms with Gasteiger partial charge < -0.3 is 10.6 Å². The van der Waals surface area contributed by atoms with Gasteiger partial charge in [-0.3, -0.25) is 0 Å². The highest BCUT2D eigenvalue weighted by molar-refractivity contribution is 7.98. The van der Waals surface area contributed by atoms with Gasteiger partial charge in [0.1, 0.15) is 0 Å². The smallest absolute Gasteiger partial charge is 0.240 e. The average molecular weight is 303 g/mol. The van der Waals surface area contributed by atoms with E-state index in [2.05, 4.69) is 4.72 Å². The van der Waals surface area contributed by atoms with Crippen LogP contribution in [0.5, 0.6) is 0 Å².